The van der Waals surface area contributed by atoms with Crippen LogP contribution in [0.1, 0.15) is 18.1 Å². The van der Waals surface area contributed by atoms with Crippen LogP contribution < -0.4 is 5.32 Å². The Morgan fingerprint density at radius 1 is 0.889 bits per heavy atom. The molecule has 0 atom stereocenters. The number of nitrogens with one attached hydrogen (secondary N) is 1. The van der Waals surface area contributed by atoms with E-state index in [-0.39, 0.29) is 5.91 Å². The largest absolute Gasteiger partial charge is 0.326 e. The molecule has 2 aromatic rings. The highest BCUT2D eigenvalue weighted by Crippen LogP contribution is 2.08. The van der Waals surface area contributed by atoms with Crippen molar-refractivity contribution in [3.63, 3.8) is 0 Å². The molecule has 0 aliphatic rings. The van der Waals surface area contributed by atoms with Crippen molar-refractivity contribution in [1.29, 1.82) is 0 Å². The van der Waals surface area contributed by atoms with E-state index < -0.39 is 0 Å². The highest BCUT2D eigenvalue weighted by molar-refractivity contribution is 5.88. The Morgan fingerprint density at radius 3 is 2.00 bits per heavy atom. The van der Waals surface area contributed by atoms with Crippen molar-refractivity contribution < 1.29 is 4.79 Å². The van der Waals surface area contributed by atoms with Gasteiger partial charge in [-0.15, -0.1) is 0 Å². The maximum atomic E-state index is 10.9. The van der Waals surface area contributed by atoms with E-state index in [9.17, 15) is 4.79 Å². The highest BCUT2D eigenvalue weighted by Gasteiger charge is 1.94. The summed E-state index contributed by atoms with van der Waals surface area (Å²) >= 11 is 0. The Kier molecular flexibility index (Phi) is 3.78. The summed E-state index contributed by atoms with van der Waals surface area (Å²) in [6, 6.07) is 17.3. The third-order valence-corrected chi connectivity index (χ3v) is 2.33. The van der Waals surface area contributed by atoms with Crippen molar-refractivity contribution in [2.24, 2.45) is 0 Å². The molecule has 1 N–H and O–H groups in total. The van der Waals surface area contributed by atoms with Crippen LogP contribution in [0.2, 0.25) is 0 Å². The van der Waals surface area contributed by atoms with Gasteiger partial charge in [0.1, 0.15) is 0 Å². The fraction of sp³-hybridized carbons (Fsp3) is 0.0625. The molecule has 0 unspecified atom stereocenters. The molecule has 0 spiro atoms. The molecule has 2 nitrogen and oxygen atoms in total. The SMILES string of the molecule is CC(=O)Nc1ccc(C#Cc2ccccc2)cc1. The number of hydrogen-bond acceptors (Lipinski definition) is 1. The van der Waals surface area contributed by atoms with Crippen molar-refractivity contribution in [3.8, 4) is 11.8 Å². The average molecular weight is 235 g/mol. The van der Waals surface area contributed by atoms with Gasteiger partial charge in [0.15, 0.2) is 0 Å². The second-order valence-corrected chi connectivity index (χ2v) is 3.87. The summed E-state index contributed by atoms with van der Waals surface area (Å²) in [6.45, 7) is 1.49. The normalized spacial score (nSPS) is 9.17. The van der Waals surface area contributed by atoms with Gasteiger partial charge in [0.2, 0.25) is 5.91 Å². The second kappa shape index (κ2) is 5.70. The third kappa shape index (κ3) is 3.50. The van der Waals surface area contributed by atoms with Gasteiger partial charge in [0, 0.05) is 23.7 Å². The zero-order valence-corrected chi connectivity index (χ0v) is 10.1. The molecule has 0 radical (unpaired) electrons. The Bertz CT molecular complexity index is 588. The van der Waals surface area contributed by atoms with Gasteiger partial charge >= 0.3 is 0 Å². The molecule has 18 heavy (non-hydrogen) atoms. The second-order valence-electron chi connectivity index (χ2n) is 3.87. The molecule has 0 saturated heterocycles. The Labute approximate surface area is 107 Å². The van der Waals surface area contributed by atoms with Crippen molar-refractivity contribution in [2.75, 3.05) is 5.32 Å². The molecule has 0 aliphatic carbocycles. The average Bonchev–Trinajstić information content (AvgIpc) is 2.38. The summed E-state index contributed by atoms with van der Waals surface area (Å²) in [4.78, 5) is 10.9. The predicted molar refractivity (Wildman–Crippen MR) is 73.2 cm³/mol. The maximum Gasteiger partial charge on any atom is 0.221 e. The van der Waals surface area contributed by atoms with Gasteiger partial charge < -0.3 is 5.32 Å². The number of amides is 1. The fourth-order valence-corrected chi connectivity index (χ4v) is 1.51. The molecule has 0 aromatic heterocycles. The topological polar surface area (TPSA) is 29.1 Å². The van der Waals surface area contributed by atoms with Gasteiger partial charge in [0.25, 0.3) is 0 Å². The number of carbonyl (C=O) groups is 1. The van der Waals surface area contributed by atoms with Crippen LogP contribution in [0.25, 0.3) is 0 Å². The lowest BCUT2D eigenvalue weighted by atomic mass is 10.1. The summed E-state index contributed by atoms with van der Waals surface area (Å²) in [7, 11) is 0. The smallest absolute Gasteiger partial charge is 0.221 e. The summed E-state index contributed by atoms with van der Waals surface area (Å²) in [5, 5.41) is 2.72. The fourth-order valence-electron chi connectivity index (χ4n) is 1.51. The zero-order valence-electron chi connectivity index (χ0n) is 10.1. The lowest BCUT2D eigenvalue weighted by Gasteiger charge is -2.00. The van der Waals surface area contributed by atoms with Gasteiger partial charge in [-0.2, -0.15) is 0 Å². The Hall–Kier alpha value is -2.53. The van der Waals surface area contributed by atoms with Gasteiger partial charge in [0.05, 0.1) is 0 Å². The molecule has 0 aliphatic heterocycles. The molecular weight excluding hydrogens is 222 g/mol. The molecule has 2 aromatic carbocycles. The Balaban J connectivity index is 2.12. The number of benzene rings is 2. The number of hydrogen-bond donors (Lipinski definition) is 1. The van der Waals surface area contributed by atoms with E-state index in [0.717, 1.165) is 16.8 Å². The summed E-state index contributed by atoms with van der Waals surface area (Å²) in [5.41, 5.74) is 2.70. The predicted octanol–water partition coefficient (Wildman–Crippen LogP) is 3.04. The number of anilines is 1. The van der Waals surface area contributed by atoms with Gasteiger partial charge in [-0.1, -0.05) is 30.0 Å². The van der Waals surface area contributed by atoms with Crippen LogP contribution in [0.4, 0.5) is 5.69 Å². The first-order valence-electron chi connectivity index (χ1n) is 5.69. The van der Waals surface area contributed by atoms with Crippen molar-refractivity contribution in [3.05, 3.63) is 65.7 Å². The molecular formula is C16H13NO. The summed E-state index contributed by atoms with van der Waals surface area (Å²) < 4.78 is 0. The zero-order chi connectivity index (χ0) is 12.8. The lowest BCUT2D eigenvalue weighted by Crippen LogP contribution is -2.05. The van der Waals surface area contributed by atoms with Crippen LogP contribution in [-0.2, 0) is 4.79 Å². The molecule has 88 valence electrons. The first-order valence-corrected chi connectivity index (χ1v) is 5.69. The monoisotopic (exact) mass is 235 g/mol. The molecule has 0 bridgehead atoms. The van der Waals surface area contributed by atoms with Gasteiger partial charge in [-0.3, -0.25) is 4.79 Å². The van der Waals surface area contributed by atoms with Crippen molar-refractivity contribution >= 4 is 11.6 Å². The quantitative estimate of drug-likeness (QED) is 0.756. The Morgan fingerprint density at radius 2 is 1.44 bits per heavy atom. The highest BCUT2D eigenvalue weighted by atomic mass is 16.1. The van der Waals surface area contributed by atoms with Crippen molar-refractivity contribution in [1.82, 2.24) is 0 Å². The van der Waals surface area contributed by atoms with E-state index in [0.29, 0.717) is 0 Å². The van der Waals surface area contributed by atoms with Crippen LogP contribution >= 0.6 is 0 Å². The number of rotatable bonds is 1. The van der Waals surface area contributed by atoms with Crippen LogP contribution in [-0.4, -0.2) is 5.91 Å². The number of carbonyl (C=O) groups excluding carboxylic acids is 1. The molecule has 0 fully saturated rings. The van der Waals surface area contributed by atoms with E-state index in [1.807, 2.05) is 54.6 Å². The van der Waals surface area contributed by atoms with Crippen LogP contribution in [0, 0.1) is 11.8 Å². The summed E-state index contributed by atoms with van der Waals surface area (Å²) in [5.74, 6) is 6.09. The molecule has 0 heterocycles. The van der Waals surface area contributed by atoms with Gasteiger partial charge in [-0.25, -0.2) is 0 Å². The first-order chi connectivity index (χ1) is 8.74. The minimum Gasteiger partial charge on any atom is -0.326 e. The van der Waals surface area contributed by atoms with Crippen LogP contribution in [0.3, 0.4) is 0 Å². The van der Waals surface area contributed by atoms with E-state index in [4.69, 9.17) is 0 Å². The minimum absolute atomic E-state index is 0.0712. The molecule has 0 saturated carbocycles. The van der Waals surface area contributed by atoms with Crippen molar-refractivity contribution in [2.45, 2.75) is 6.92 Å². The van der Waals surface area contributed by atoms with Crippen LogP contribution in [0.15, 0.2) is 54.6 Å². The van der Waals surface area contributed by atoms with E-state index >= 15 is 0 Å². The van der Waals surface area contributed by atoms with E-state index in [1.165, 1.54) is 6.92 Å². The first kappa shape index (κ1) is 11.9. The molecule has 1 amide bonds. The van der Waals surface area contributed by atoms with Crippen LogP contribution in [0.5, 0.6) is 0 Å². The summed E-state index contributed by atoms with van der Waals surface area (Å²) in [6.07, 6.45) is 0. The maximum absolute atomic E-state index is 10.9. The molecule has 2 heteroatoms. The lowest BCUT2D eigenvalue weighted by molar-refractivity contribution is -0.114. The minimum atomic E-state index is -0.0712. The molecule has 2 rings (SSSR count). The van der Waals surface area contributed by atoms with E-state index in [1.54, 1.807) is 0 Å². The third-order valence-electron chi connectivity index (χ3n) is 2.33. The standard InChI is InChI=1S/C16H13NO/c1-13(18)17-16-11-9-15(10-12-16)8-7-14-5-3-2-4-6-14/h2-6,9-12H,1H3,(H,17,18). The van der Waals surface area contributed by atoms with E-state index in [2.05, 4.69) is 17.2 Å². The van der Waals surface area contributed by atoms with Gasteiger partial charge in [-0.05, 0) is 36.4 Å².